The van der Waals surface area contributed by atoms with Gasteiger partial charge in [-0.25, -0.2) is 4.79 Å². The molecule has 2 aromatic carbocycles. The van der Waals surface area contributed by atoms with Crippen molar-refractivity contribution in [1.29, 1.82) is 0 Å². The van der Waals surface area contributed by atoms with E-state index in [2.05, 4.69) is 5.32 Å². The maximum Gasteiger partial charge on any atom is 0.408 e. The van der Waals surface area contributed by atoms with Crippen LogP contribution in [0.1, 0.15) is 16.9 Å². The third-order valence-corrected chi connectivity index (χ3v) is 3.70. The van der Waals surface area contributed by atoms with Gasteiger partial charge in [0.15, 0.2) is 8.38 Å². The lowest BCUT2D eigenvalue weighted by molar-refractivity contribution is 0.138. The summed E-state index contributed by atoms with van der Waals surface area (Å²) in [5, 5.41) is 2.47. The van der Waals surface area contributed by atoms with Crippen molar-refractivity contribution in [2.75, 3.05) is 0 Å². The lowest BCUT2D eigenvalue weighted by Gasteiger charge is -2.19. The molecule has 5 nitrogen and oxygen atoms in total. The van der Waals surface area contributed by atoms with Crippen molar-refractivity contribution in [2.24, 2.45) is 0 Å². The quantitative estimate of drug-likeness (QED) is 0.742. The summed E-state index contributed by atoms with van der Waals surface area (Å²) < 4.78 is 5.07. The van der Waals surface area contributed by atoms with Gasteiger partial charge < -0.3 is 19.8 Å². The lowest BCUT2D eigenvalue weighted by atomic mass is 10.2. The van der Waals surface area contributed by atoms with Gasteiger partial charge in [0.2, 0.25) is 0 Å². The zero-order valence-electron chi connectivity index (χ0n) is 11.2. The van der Waals surface area contributed by atoms with Gasteiger partial charge in [-0.05, 0) is 11.1 Å². The Morgan fingerprint density at radius 1 is 1.05 bits per heavy atom. The van der Waals surface area contributed by atoms with Crippen molar-refractivity contribution in [1.82, 2.24) is 5.32 Å². The van der Waals surface area contributed by atoms with E-state index in [1.807, 2.05) is 36.4 Å². The number of amides is 1. The molecule has 0 saturated carbocycles. The van der Waals surface area contributed by atoms with Crippen LogP contribution in [0.2, 0.25) is 0 Å². The molecule has 1 unspecified atom stereocenters. The van der Waals surface area contributed by atoms with Crippen molar-refractivity contribution < 1.29 is 19.3 Å². The number of rotatable bonds is 5. The van der Waals surface area contributed by atoms with Crippen molar-refractivity contribution in [3.05, 3.63) is 71.8 Å². The molecule has 0 aromatic heterocycles. The summed E-state index contributed by atoms with van der Waals surface area (Å²) >= 11 is 0. The summed E-state index contributed by atoms with van der Waals surface area (Å²) in [5.41, 5.74) is 1.48. The standard InChI is InChI=1S/C15H16NO4P/c17-15(20-11-12-7-3-1-4-8-12)16-14(21(18)19)13-9-5-2-6-10-13/h1-10,14,18-19H,11H2,(H,16,17). The number of carbonyl (C=O) groups is 1. The van der Waals surface area contributed by atoms with Crippen molar-refractivity contribution in [3.8, 4) is 0 Å². The second-order valence-corrected chi connectivity index (χ2v) is 5.50. The Labute approximate surface area is 124 Å². The molecule has 2 rings (SSSR count). The van der Waals surface area contributed by atoms with Crippen LogP contribution in [0.15, 0.2) is 60.7 Å². The highest BCUT2D eigenvalue weighted by molar-refractivity contribution is 7.45. The van der Waals surface area contributed by atoms with Crippen molar-refractivity contribution in [3.63, 3.8) is 0 Å². The Morgan fingerprint density at radius 3 is 2.19 bits per heavy atom. The van der Waals surface area contributed by atoms with Crippen LogP contribution in [-0.4, -0.2) is 15.9 Å². The van der Waals surface area contributed by atoms with Gasteiger partial charge in [-0.1, -0.05) is 60.7 Å². The predicted molar refractivity (Wildman–Crippen MR) is 80.3 cm³/mol. The fourth-order valence-electron chi connectivity index (χ4n) is 1.79. The van der Waals surface area contributed by atoms with E-state index in [0.29, 0.717) is 5.56 Å². The topological polar surface area (TPSA) is 78.8 Å². The molecule has 0 fully saturated rings. The molecule has 1 amide bonds. The summed E-state index contributed by atoms with van der Waals surface area (Å²) in [4.78, 5) is 30.7. The Balaban J connectivity index is 1.93. The number of ether oxygens (including phenoxy) is 1. The molecule has 0 spiro atoms. The first-order valence-electron chi connectivity index (χ1n) is 6.36. The second-order valence-electron chi connectivity index (χ2n) is 4.34. The third-order valence-electron chi connectivity index (χ3n) is 2.81. The fourth-order valence-corrected chi connectivity index (χ4v) is 2.45. The number of carbonyl (C=O) groups excluding carboxylic acids is 1. The van der Waals surface area contributed by atoms with Crippen LogP contribution in [0.3, 0.4) is 0 Å². The first kappa shape index (κ1) is 15.4. The van der Waals surface area contributed by atoms with Crippen LogP contribution in [0.25, 0.3) is 0 Å². The van der Waals surface area contributed by atoms with Crippen LogP contribution in [0, 0.1) is 0 Å². The Hall–Kier alpha value is -1.94. The smallest absolute Gasteiger partial charge is 0.408 e. The summed E-state index contributed by atoms with van der Waals surface area (Å²) in [6.45, 7) is 0.128. The van der Waals surface area contributed by atoms with Crippen LogP contribution in [0.5, 0.6) is 0 Å². The zero-order chi connectivity index (χ0) is 15.1. The predicted octanol–water partition coefficient (Wildman–Crippen LogP) is 2.91. The van der Waals surface area contributed by atoms with Crippen molar-refractivity contribution in [2.45, 2.75) is 12.4 Å². The number of benzene rings is 2. The molecule has 110 valence electrons. The Morgan fingerprint density at radius 2 is 1.62 bits per heavy atom. The van der Waals surface area contributed by atoms with E-state index in [1.165, 1.54) is 0 Å². The van der Waals surface area contributed by atoms with Crippen LogP contribution >= 0.6 is 8.38 Å². The van der Waals surface area contributed by atoms with E-state index >= 15 is 0 Å². The average Bonchev–Trinajstić information content (AvgIpc) is 2.52. The first-order chi connectivity index (χ1) is 10.2. The highest BCUT2D eigenvalue weighted by Crippen LogP contribution is 2.41. The first-order valence-corrected chi connectivity index (χ1v) is 7.67. The molecular weight excluding hydrogens is 289 g/mol. The summed E-state index contributed by atoms with van der Waals surface area (Å²) in [6, 6.07) is 18.0. The van der Waals surface area contributed by atoms with Gasteiger partial charge in [-0.15, -0.1) is 0 Å². The van der Waals surface area contributed by atoms with Gasteiger partial charge in [-0.3, -0.25) is 0 Å². The highest BCUT2D eigenvalue weighted by atomic mass is 31.2. The highest BCUT2D eigenvalue weighted by Gasteiger charge is 2.22. The van der Waals surface area contributed by atoms with Gasteiger partial charge in [0, 0.05) is 0 Å². The number of alkyl carbamates (subject to hydrolysis) is 1. The molecule has 0 saturated heterocycles. The van der Waals surface area contributed by atoms with E-state index in [4.69, 9.17) is 4.74 Å². The minimum Gasteiger partial charge on any atom is -0.445 e. The van der Waals surface area contributed by atoms with Crippen LogP contribution in [-0.2, 0) is 11.3 Å². The van der Waals surface area contributed by atoms with Gasteiger partial charge in [0.1, 0.15) is 12.4 Å². The largest absolute Gasteiger partial charge is 0.445 e. The number of hydrogen-bond acceptors (Lipinski definition) is 4. The minimum absolute atomic E-state index is 0.128. The molecule has 2 aromatic rings. The maximum atomic E-state index is 11.8. The lowest BCUT2D eigenvalue weighted by Crippen LogP contribution is -2.28. The molecular formula is C15H16NO4P. The Bertz CT molecular complexity index is 562. The van der Waals surface area contributed by atoms with Gasteiger partial charge in [0.25, 0.3) is 0 Å². The zero-order valence-corrected chi connectivity index (χ0v) is 12.1. The van der Waals surface area contributed by atoms with Crippen molar-refractivity contribution >= 4 is 14.5 Å². The van der Waals surface area contributed by atoms with Gasteiger partial charge in [-0.2, -0.15) is 0 Å². The molecule has 0 heterocycles. The normalized spacial score (nSPS) is 12.0. The number of nitrogens with one attached hydrogen (secondary N) is 1. The molecule has 0 aliphatic carbocycles. The van der Waals surface area contributed by atoms with Crippen LogP contribution in [0.4, 0.5) is 4.79 Å². The number of hydrogen-bond donors (Lipinski definition) is 3. The SMILES string of the molecule is O=C(NC(c1ccccc1)P(O)O)OCc1ccccc1. The van der Waals surface area contributed by atoms with E-state index < -0.39 is 20.3 Å². The molecule has 21 heavy (non-hydrogen) atoms. The molecule has 0 bridgehead atoms. The molecule has 6 heteroatoms. The van der Waals surface area contributed by atoms with Gasteiger partial charge in [0.05, 0.1) is 0 Å². The van der Waals surface area contributed by atoms with E-state index in [-0.39, 0.29) is 6.61 Å². The Kier molecular flexibility index (Phi) is 5.69. The average molecular weight is 305 g/mol. The van der Waals surface area contributed by atoms with E-state index in [1.54, 1.807) is 24.3 Å². The third kappa shape index (κ3) is 4.83. The molecule has 1 atom stereocenters. The molecule has 0 aliphatic rings. The molecule has 3 N–H and O–H groups in total. The fraction of sp³-hybridized carbons (Fsp3) is 0.133. The molecule has 0 aliphatic heterocycles. The molecule has 0 radical (unpaired) electrons. The minimum atomic E-state index is -2.35. The van der Waals surface area contributed by atoms with Gasteiger partial charge >= 0.3 is 6.09 Å². The van der Waals surface area contributed by atoms with E-state index in [9.17, 15) is 14.6 Å². The monoisotopic (exact) mass is 305 g/mol. The second kappa shape index (κ2) is 7.74. The summed E-state index contributed by atoms with van der Waals surface area (Å²) in [6.07, 6.45) is -0.691. The van der Waals surface area contributed by atoms with E-state index in [0.717, 1.165) is 5.56 Å². The summed E-state index contributed by atoms with van der Waals surface area (Å²) in [5.74, 6) is -0.871. The maximum absolute atomic E-state index is 11.8. The summed E-state index contributed by atoms with van der Waals surface area (Å²) in [7, 11) is -2.35. The van der Waals surface area contributed by atoms with Crippen LogP contribution < -0.4 is 5.32 Å².